The number of fused-ring (bicyclic) bond motifs is 7. The summed E-state index contributed by atoms with van der Waals surface area (Å²) in [6.45, 7) is 4.32. The van der Waals surface area contributed by atoms with Gasteiger partial charge in [0.05, 0.1) is 6.10 Å². The number of hydrogen-bond acceptors (Lipinski definition) is 6. The van der Waals surface area contributed by atoms with Crippen molar-refractivity contribution in [1.82, 2.24) is 0 Å². The number of rotatable bonds is 2. The van der Waals surface area contributed by atoms with Gasteiger partial charge in [-0.2, -0.15) is 8.42 Å². The first-order valence-electron chi connectivity index (χ1n) is 10.6. The summed E-state index contributed by atoms with van der Waals surface area (Å²) in [4.78, 5) is 25.2. The average molecular weight is 448 g/mol. The van der Waals surface area contributed by atoms with Crippen LogP contribution >= 0.6 is 0 Å². The molecule has 0 aromatic rings. The van der Waals surface area contributed by atoms with Gasteiger partial charge in [0.2, 0.25) is 0 Å². The van der Waals surface area contributed by atoms with Gasteiger partial charge in [0.15, 0.2) is 0 Å². The van der Waals surface area contributed by atoms with Crippen LogP contribution in [0.1, 0.15) is 58.8 Å². The number of esters is 1. The Morgan fingerprint density at radius 1 is 1.17 bits per heavy atom. The Bertz CT molecular complexity index is 914. The summed E-state index contributed by atoms with van der Waals surface area (Å²) in [5, 5.41) is 0. The summed E-state index contributed by atoms with van der Waals surface area (Å²) in [5.74, 6) is 0.755. The Morgan fingerprint density at radius 3 is 2.60 bits per heavy atom. The van der Waals surface area contributed by atoms with Gasteiger partial charge < -0.3 is 4.74 Å². The monoisotopic (exact) mass is 447 g/mol. The minimum absolute atomic E-state index is 0. The van der Waals surface area contributed by atoms with E-state index in [2.05, 4.69) is 13.8 Å². The van der Waals surface area contributed by atoms with Crippen LogP contribution in [0.15, 0.2) is 11.6 Å². The normalized spacial score (nSPS) is 47.2. The second-order valence-electron chi connectivity index (χ2n) is 10.3. The zero-order chi connectivity index (χ0) is 20.8. The Hall–Kier alpha value is -0.250. The second-order valence-corrected chi connectivity index (χ2v) is 11.3. The summed E-state index contributed by atoms with van der Waals surface area (Å²) in [6, 6.07) is 0. The third kappa shape index (κ3) is 3.37. The van der Waals surface area contributed by atoms with Crippen LogP contribution < -0.4 is 29.6 Å². The summed E-state index contributed by atoms with van der Waals surface area (Å²) >= 11 is 0. The molecule has 9 heteroatoms. The maximum atomic E-state index is 13.5. The van der Waals surface area contributed by atoms with Gasteiger partial charge in [0.25, 0.3) is 0 Å². The summed E-state index contributed by atoms with van der Waals surface area (Å²) in [5.41, 5.74) is 0.545. The average Bonchev–Trinajstić information content (AvgIpc) is 3.09. The molecule has 0 spiro atoms. The van der Waals surface area contributed by atoms with E-state index in [1.54, 1.807) is 6.08 Å². The molecule has 0 amide bonds. The molecule has 4 aliphatic carbocycles. The number of ether oxygens (including phenoxy) is 1. The van der Waals surface area contributed by atoms with Crippen LogP contribution in [0.2, 0.25) is 0 Å². The molecular weight excluding hydrogens is 419 g/mol. The van der Waals surface area contributed by atoms with Crippen molar-refractivity contribution in [2.24, 2.45) is 34.5 Å². The van der Waals surface area contributed by atoms with Crippen molar-refractivity contribution in [1.29, 1.82) is 0 Å². The zero-order valence-corrected chi connectivity index (χ0v) is 20.6. The van der Waals surface area contributed by atoms with Crippen LogP contribution in [-0.2, 0) is 28.9 Å². The van der Waals surface area contributed by atoms with Crippen molar-refractivity contribution < 1.29 is 61.0 Å². The van der Waals surface area contributed by atoms with E-state index in [0.29, 0.717) is 25.2 Å². The fourth-order valence-electron chi connectivity index (χ4n) is 7.81. The molecule has 5 rings (SSSR count). The van der Waals surface area contributed by atoms with E-state index in [9.17, 15) is 18.0 Å². The zero-order valence-electron chi connectivity index (χ0n) is 17.8. The molecular formula is C21H28NaO7S+. The van der Waals surface area contributed by atoms with Gasteiger partial charge in [0, 0.05) is 23.8 Å². The van der Waals surface area contributed by atoms with E-state index in [0.717, 1.165) is 31.3 Å². The molecule has 7 nitrogen and oxygen atoms in total. The van der Waals surface area contributed by atoms with Crippen LogP contribution in [0, 0.1) is 34.5 Å². The van der Waals surface area contributed by atoms with Crippen LogP contribution in [0.5, 0.6) is 0 Å². The van der Waals surface area contributed by atoms with Gasteiger partial charge in [-0.1, -0.05) is 13.8 Å². The fraction of sp³-hybridized carbons (Fsp3) is 0.810. The van der Waals surface area contributed by atoms with Crippen molar-refractivity contribution in [3.63, 3.8) is 0 Å². The largest absolute Gasteiger partial charge is 1.00 e. The maximum Gasteiger partial charge on any atom is 1.00 e. The first-order chi connectivity index (χ1) is 13.5. The number of carbonyl (C=O) groups is 2. The van der Waals surface area contributed by atoms with Gasteiger partial charge in [-0.05, 0) is 67.3 Å². The quantitative estimate of drug-likeness (QED) is 0.357. The molecule has 0 bridgehead atoms. The Kier molecular flexibility index (Phi) is 5.64. The second kappa shape index (κ2) is 7.39. The molecule has 1 heterocycles. The van der Waals surface area contributed by atoms with Crippen molar-refractivity contribution in [3.05, 3.63) is 11.6 Å². The van der Waals surface area contributed by atoms with E-state index in [1.165, 1.54) is 0 Å². The molecule has 160 valence electrons. The number of ketones is 1. The number of hydrogen-bond donors (Lipinski definition) is 1. The predicted molar refractivity (Wildman–Crippen MR) is 102 cm³/mol. The van der Waals surface area contributed by atoms with E-state index < -0.39 is 16.5 Å². The molecule has 5 aliphatic rings. The summed E-state index contributed by atoms with van der Waals surface area (Å²) in [7, 11) is -4.46. The molecule has 0 saturated heterocycles. The van der Waals surface area contributed by atoms with Crippen LogP contribution in [0.3, 0.4) is 0 Å². The Morgan fingerprint density at radius 2 is 1.90 bits per heavy atom. The summed E-state index contributed by atoms with van der Waals surface area (Å²) in [6.07, 6.45) is 5.82. The van der Waals surface area contributed by atoms with E-state index in [4.69, 9.17) is 13.5 Å². The number of Topliss-reactive ketones (excluding diaryl/α,β-unsaturated/α-hetero) is 1. The van der Waals surface area contributed by atoms with Gasteiger partial charge in [-0.3, -0.25) is 9.35 Å². The standard InChI is InChI=1S/C21H28O7S.Na/c1-20-6-5-12(28-29(24,25)26)7-11(20)3-4-13-14-8-17-15(9-18(23)27-17)21(14,2)10-16(22)19(13)20;/h9,11-14,17,19H,3-8,10H2,1-2H3,(H,24,25,26);/q;+1. The molecule has 1 aliphatic heterocycles. The molecule has 0 aromatic heterocycles. The smallest absolute Gasteiger partial charge is 0.455 e. The van der Waals surface area contributed by atoms with E-state index in [1.807, 2.05) is 0 Å². The van der Waals surface area contributed by atoms with Gasteiger partial charge in [-0.15, -0.1) is 0 Å². The third-order valence-electron chi connectivity index (χ3n) is 8.96. The van der Waals surface area contributed by atoms with Gasteiger partial charge in [-0.25, -0.2) is 8.98 Å². The van der Waals surface area contributed by atoms with Gasteiger partial charge in [0.1, 0.15) is 11.9 Å². The van der Waals surface area contributed by atoms with Crippen molar-refractivity contribution in [2.45, 2.75) is 71.0 Å². The molecule has 4 fully saturated rings. The third-order valence-corrected chi connectivity index (χ3v) is 9.47. The van der Waals surface area contributed by atoms with E-state index in [-0.39, 0.29) is 76.0 Å². The number of carbonyl (C=O) groups excluding carboxylic acids is 2. The van der Waals surface area contributed by atoms with Crippen molar-refractivity contribution >= 4 is 22.2 Å². The van der Waals surface area contributed by atoms with Gasteiger partial charge >= 0.3 is 45.9 Å². The van der Waals surface area contributed by atoms with Crippen LogP contribution in [-0.4, -0.2) is 36.9 Å². The molecule has 0 radical (unpaired) electrons. The van der Waals surface area contributed by atoms with Crippen LogP contribution in [0.4, 0.5) is 0 Å². The minimum atomic E-state index is -4.46. The SMILES string of the molecule is CC12CC(=O)C3C(CCC4CC(OS(=O)(=O)O)CCC43C)C1CC1OC(=O)C=C12.[Na+]. The predicted octanol–water partition coefficient (Wildman–Crippen LogP) is -0.138. The molecule has 4 saturated carbocycles. The first kappa shape index (κ1) is 22.9. The van der Waals surface area contributed by atoms with E-state index >= 15 is 0 Å². The molecule has 0 aromatic carbocycles. The molecule has 8 unspecified atom stereocenters. The summed E-state index contributed by atoms with van der Waals surface area (Å²) < 4.78 is 41.7. The van der Waals surface area contributed by atoms with Crippen LogP contribution in [0.25, 0.3) is 0 Å². The van der Waals surface area contributed by atoms with Crippen molar-refractivity contribution in [2.75, 3.05) is 0 Å². The fourth-order valence-corrected chi connectivity index (χ4v) is 8.33. The Balaban J connectivity index is 0.00000218. The molecule has 8 atom stereocenters. The minimum Gasteiger partial charge on any atom is -0.455 e. The van der Waals surface area contributed by atoms with Crippen molar-refractivity contribution in [3.8, 4) is 0 Å². The maximum absolute atomic E-state index is 13.5. The topological polar surface area (TPSA) is 107 Å². The first-order valence-corrected chi connectivity index (χ1v) is 12.0. The molecule has 30 heavy (non-hydrogen) atoms. The Labute approximate surface area is 199 Å². The molecule has 1 N–H and O–H groups in total.